The molecule has 1 aromatic rings. The number of likely N-dealkylation sites (N-methyl/N-ethyl adjacent to an activating group) is 1. The molecule has 19 heavy (non-hydrogen) atoms. The molecule has 2 N–H and O–H groups in total. The minimum Gasteiger partial charge on any atom is -0.326 e. The molecule has 106 valence electrons. The summed E-state index contributed by atoms with van der Waals surface area (Å²) in [7, 11) is -1.79. The van der Waals surface area contributed by atoms with Crippen LogP contribution in [0.1, 0.15) is 31.2 Å². The van der Waals surface area contributed by atoms with E-state index in [1.54, 1.807) is 25.2 Å². The normalized spacial score (nSPS) is 24.6. The second kappa shape index (κ2) is 5.61. The predicted octanol–water partition coefficient (Wildman–Crippen LogP) is 1.89. The van der Waals surface area contributed by atoms with Crippen LogP contribution in [0.2, 0.25) is 0 Å². The first-order valence-electron chi connectivity index (χ1n) is 6.73. The Morgan fingerprint density at radius 2 is 1.95 bits per heavy atom. The van der Waals surface area contributed by atoms with Gasteiger partial charge in [0.1, 0.15) is 0 Å². The van der Waals surface area contributed by atoms with Crippen molar-refractivity contribution in [1.82, 2.24) is 4.31 Å². The number of sulfonamides is 1. The average Bonchev–Trinajstić information content (AvgIpc) is 2.38. The fourth-order valence-corrected chi connectivity index (χ4v) is 4.25. The molecule has 0 heterocycles. The van der Waals surface area contributed by atoms with Crippen molar-refractivity contribution in [3.63, 3.8) is 0 Å². The molecule has 0 bridgehead atoms. The number of nitrogens with two attached hydrogens (primary N) is 1. The van der Waals surface area contributed by atoms with Gasteiger partial charge in [-0.25, -0.2) is 8.42 Å². The Labute approximate surface area is 115 Å². The van der Waals surface area contributed by atoms with Crippen molar-refractivity contribution >= 4 is 10.0 Å². The van der Waals surface area contributed by atoms with E-state index in [-0.39, 0.29) is 12.1 Å². The van der Waals surface area contributed by atoms with Crippen molar-refractivity contribution in [2.45, 2.75) is 49.6 Å². The van der Waals surface area contributed by atoms with Crippen LogP contribution in [0.4, 0.5) is 0 Å². The third kappa shape index (κ3) is 2.99. The monoisotopic (exact) mass is 282 g/mol. The minimum atomic E-state index is -3.44. The van der Waals surface area contributed by atoms with E-state index in [0.29, 0.717) is 4.90 Å². The van der Waals surface area contributed by atoms with Crippen LogP contribution in [0.25, 0.3) is 0 Å². The largest absolute Gasteiger partial charge is 0.326 e. The van der Waals surface area contributed by atoms with Gasteiger partial charge in [0.15, 0.2) is 0 Å². The molecule has 0 radical (unpaired) electrons. The fourth-order valence-electron chi connectivity index (χ4n) is 2.71. The molecular weight excluding hydrogens is 260 g/mol. The summed E-state index contributed by atoms with van der Waals surface area (Å²) in [5.74, 6) is 0. The summed E-state index contributed by atoms with van der Waals surface area (Å²) in [6.45, 7) is 1.89. The number of benzene rings is 1. The smallest absolute Gasteiger partial charge is 0.243 e. The van der Waals surface area contributed by atoms with Gasteiger partial charge in [-0.15, -0.1) is 0 Å². The van der Waals surface area contributed by atoms with E-state index in [9.17, 15) is 8.42 Å². The van der Waals surface area contributed by atoms with Crippen LogP contribution in [0.15, 0.2) is 29.2 Å². The van der Waals surface area contributed by atoms with E-state index >= 15 is 0 Å². The molecule has 1 saturated carbocycles. The van der Waals surface area contributed by atoms with Crippen LogP contribution in [-0.2, 0) is 10.0 Å². The second-order valence-electron chi connectivity index (χ2n) is 5.35. The van der Waals surface area contributed by atoms with E-state index in [1.807, 2.05) is 13.0 Å². The highest BCUT2D eigenvalue weighted by Crippen LogP contribution is 2.26. The van der Waals surface area contributed by atoms with Gasteiger partial charge in [-0.05, 0) is 37.5 Å². The van der Waals surface area contributed by atoms with Gasteiger partial charge in [0.2, 0.25) is 10.0 Å². The Morgan fingerprint density at radius 1 is 1.26 bits per heavy atom. The zero-order chi connectivity index (χ0) is 14.0. The third-order valence-electron chi connectivity index (χ3n) is 3.92. The SMILES string of the molecule is Cc1cccc(S(=O)(=O)N(C)C2CCCCC2N)c1. The van der Waals surface area contributed by atoms with Gasteiger partial charge >= 0.3 is 0 Å². The lowest BCUT2D eigenvalue weighted by Gasteiger charge is -2.35. The summed E-state index contributed by atoms with van der Waals surface area (Å²) < 4.78 is 26.7. The Bertz CT molecular complexity index is 542. The van der Waals surface area contributed by atoms with Crippen molar-refractivity contribution in [2.24, 2.45) is 5.73 Å². The third-order valence-corrected chi connectivity index (χ3v) is 5.79. The maximum atomic E-state index is 12.6. The molecule has 0 spiro atoms. The maximum Gasteiger partial charge on any atom is 0.243 e. The van der Waals surface area contributed by atoms with Crippen LogP contribution in [0.5, 0.6) is 0 Å². The summed E-state index contributed by atoms with van der Waals surface area (Å²) in [6, 6.07) is 6.88. The number of hydrogen-bond acceptors (Lipinski definition) is 3. The lowest BCUT2D eigenvalue weighted by Crippen LogP contribution is -2.50. The topological polar surface area (TPSA) is 63.4 Å². The molecule has 1 fully saturated rings. The van der Waals surface area contributed by atoms with Gasteiger partial charge in [0.05, 0.1) is 4.90 Å². The van der Waals surface area contributed by atoms with Gasteiger partial charge in [-0.1, -0.05) is 25.0 Å². The summed E-state index contributed by atoms with van der Waals surface area (Å²) >= 11 is 0. The second-order valence-corrected chi connectivity index (χ2v) is 7.35. The molecule has 0 saturated heterocycles. The standard InChI is InChI=1S/C14H22N2O2S/c1-11-6-5-7-12(10-11)19(17,18)16(2)14-9-4-3-8-13(14)15/h5-7,10,13-14H,3-4,8-9,15H2,1-2H3. The molecular formula is C14H22N2O2S. The fraction of sp³-hybridized carbons (Fsp3) is 0.571. The maximum absolute atomic E-state index is 12.6. The highest BCUT2D eigenvalue weighted by atomic mass is 32.2. The minimum absolute atomic E-state index is 0.0571. The van der Waals surface area contributed by atoms with E-state index in [4.69, 9.17) is 5.73 Å². The summed E-state index contributed by atoms with van der Waals surface area (Å²) in [5.41, 5.74) is 7.03. The highest BCUT2D eigenvalue weighted by Gasteiger charge is 2.33. The molecule has 1 aromatic carbocycles. The van der Waals surface area contributed by atoms with Gasteiger partial charge in [-0.2, -0.15) is 4.31 Å². The zero-order valence-electron chi connectivity index (χ0n) is 11.5. The number of hydrogen-bond donors (Lipinski definition) is 1. The van der Waals surface area contributed by atoms with Crippen molar-refractivity contribution in [2.75, 3.05) is 7.05 Å². The van der Waals surface area contributed by atoms with Gasteiger partial charge in [0.25, 0.3) is 0 Å². The molecule has 5 heteroatoms. The summed E-state index contributed by atoms with van der Waals surface area (Å²) in [4.78, 5) is 0.354. The van der Waals surface area contributed by atoms with Gasteiger partial charge < -0.3 is 5.73 Å². The van der Waals surface area contributed by atoms with Crippen LogP contribution in [0, 0.1) is 6.92 Å². The zero-order valence-corrected chi connectivity index (χ0v) is 12.4. The molecule has 0 amide bonds. The van der Waals surface area contributed by atoms with E-state index in [2.05, 4.69) is 0 Å². The first kappa shape index (κ1) is 14.5. The highest BCUT2D eigenvalue weighted by molar-refractivity contribution is 7.89. The first-order chi connectivity index (χ1) is 8.93. The number of rotatable bonds is 3. The molecule has 0 aliphatic heterocycles. The summed E-state index contributed by atoms with van der Waals surface area (Å²) in [5, 5.41) is 0. The lowest BCUT2D eigenvalue weighted by molar-refractivity contribution is 0.252. The van der Waals surface area contributed by atoms with Crippen LogP contribution in [0.3, 0.4) is 0 Å². The van der Waals surface area contributed by atoms with Crippen LogP contribution < -0.4 is 5.73 Å². The van der Waals surface area contributed by atoms with Crippen molar-refractivity contribution in [3.05, 3.63) is 29.8 Å². The van der Waals surface area contributed by atoms with Crippen molar-refractivity contribution in [3.8, 4) is 0 Å². The quantitative estimate of drug-likeness (QED) is 0.920. The molecule has 4 nitrogen and oxygen atoms in total. The van der Waals surface area contributed by atoms with E-state index in [0.717, 1.165) is 31.2 Å². The van der Waals surface area contributed by atoms with Gasteiger partial charge in [-0.3, -0.25) is 0 Å². The van der Waals surface area contributed by atoms with Crippen LogP contribution in [-0.4, -0.2) is 31.9 Å². The number of nitrogens with zero attached hydrogens (tertiary/aromatic N) is 1. The molecule has 0 aromatic heterocycles. The molecule has 1 aliphatic carbocycles. The Morgan fingerprint density at radius 3 is 2.58 bits per heavy atom. The molecule has 1 aliphatic rings. The predicted molar refractivity (Wildman–Crippen MR) is 76.4 cm³/mol. The Hall–Kier alpha value is -0.910. The summed E-state index contributed by atoms with van der Waals surface area (Å²) in [6.07, 6.45) is 3.89. The van der Waals surface area contributed by atoms with Crippen molar-refractivity contribution < 1.29 is 8.42 Å². The van der Waals surface area contributed by atoms with E-state index in [1.165, 1.54) is 4.31 Å². The Balaban J connectivity index is 2.28. The Kier molecular flexibility index (Phi) is 4.28. The molecule has 2 unspecified atom stereocenters. The van der Waals surface area contributed by atoms with E-state index < -0.39 is 10.0 Å². The van der Waals surface area contributed by atoms with Crippen molar-refractivity contribution in [1.29, 1.82) is 0 Å². The first-order valence-corrected chi connectivity index (χ1v) is 8.17. The van der Waals surface area contributed by atoms with Crippen LogP contribution >= 0.6 is 0 Å². The average molecular weight is 282 g/mol. The number of aryl methyl sites for hydroxylation is 1. The lowest BCUT2D eigenvalue weighted by atomic mass is 9.91. The molecule has 2 atom stereocenters. The molecule has 2 rings (SSSR count). The van der Waals surface area contributed by atoms with Gasteiger partial charge in [0, 0.05) is 19.1 Å².